The van der Waals surface area contributed by atoms with E-state index < -0.39 is 18.3 Å². The van der Waals surface area contributed by atoms with E-state index in [-0.39, 0.29) is 5.91 Å². The Bertz CT molecular complexity index is 602. The zero-order chi connectivity index (χ0) is 17.4. The summed E-state index contributed by atoms with van der Waals surface area (Å²) in [7, 11) is -0.489. The van der Waals surface area contributed by atoms with Crippen LogP contribution in [0, 0.1) is 13.8 Å². The summed E-state index contributed by atoms with van der Waals surface area (Å²) in [6.07, 6.45) is 1.96. The van der Waals surface area contributed by atoms with Gasteiger partial charge in [0.25, 0.3) is 0 Å². The monoisotopic (exact) mass is 336 g/mol. The van der Waals surface area contributed by atoms with Crippen molar-refractivity contribution < 1.29 is 14.1 Å². The van der Waals surface area contributed by atoms with Crippen molar-refractivity contribution in [3.8, 4) is 0 Å². The Kier molecular flexibility index (Phi) is 5.04. The Morgan fingerprint density at radius 2 is 1.83 bits per heavy atom. The molecule has 0 aromatic carbocycles. The van der Waals surface area contributed by atoms with Gasteiger partial charge in [0.05, 0.1) is 16.9 Å². The van der Waals surface area contributed by atoms with Crippen LogP contribution in [0.4, 0.5) is 0 Å². The Balaban J connectivity index is 2.30. The molecule has 5 nitrogen and oxygen atoms in total. The van der Waals surface area contributed by atoms with Crippen LogP contribution in [0.5, 0.6) is 0 Å². The van der Waals surface area contributed by atoms with E-state index in [4.69, 9.17) is 9.31 Å². The fourth-order valence-corrected chi connectivity index (χ4v) is 3.04. The lowest BCUT2D eigenvalue weighted by atomic mass is 9.77. The minimum atomic E-state index is -0.489. The third kappa shape index (κ3) is 4.02. The SMILES string of the molecule is CC(=O)NCC(=Cc1nc(C)c(C)s1)B1OC(C)(C)C(C)(C)O1. The molecule has 1 aliphatic rings. The summed E-state index contributed by atoms with van der Waals surface area (Å²) in [6, 6.07) is 0. The van der Waals surface area contributed by atoms with Gasteiger partial charge in [-0.3, -0.25) is 4.79 Å². The molecule has 1 amide bonds. The van der Waals surface area contributed by atoms with Gasteiger partial charge in [0.15, 0.2) is 0 Å². The molecule has 7 heteroatoms. The van der Waals surface area contributed by atoms with Crippen LogP contribution >= 0.6 is 11.3 Å². The van der Waals surface area contributed by atoms with Gasteiger partial charge in [-0.1, -0.05) is 0 Å². The summed E-state index contributed by atoms with van der Waals surface area (Å²) >= 11 is 1.62. The molecule has 1 saturated heterocycles. The van der Waals surface area contributed by atoms with Gasteiger partial charge >= 0.3 is 7.12 Å². The summed E-state index contributed by atoms with van der Waals surface area (Å²) in [5.41, 5.74) is 1.06. The van der Waals surface area contributed by atoms with Crippen LogP contribution in [0.3, 0.4) is 0 Å². The van der Waals surface area contributed by atoms with Crippen molar-refractivity contribution in [1.29, 1.82) is 0 Å². The standard InChI is InChI=1S/C16H25BN2O3S/c1-10-11(2)23-14(19-10)8-13(9-18-12(3)20)17-21-15(4,5)16(6,7)22-17/h8H,9H2,1-7H3,(H,18,20). The van der Waals surface area contributed by atoms with E-state index in [1.54, 1.807) is 11.3 Å². The van der Waals surface area contributed by atoms with E-state index >= 15 is 0 Å². The molecule has 23 heavy (non-hydrogen) atoms. The molecule has 0 bridgehead atoms. The van der Waals surface area contributed by atoms with Crippen LogP contribution in [0.1, 0.15) is 50.2 Å². The van der Waals surface area contributed by atoms with Crippen LogP contribution < -0.4 is 5.32 Å². The molecule has 0 spiro atoms. The van der Waals surface area contributed by atoms with Gasteiger partial charge < -0.3 is 14.6 Å². The first-order valence-corrected chi connectivity index (χ1v) is 8.58. The van der Waals surface area contributed by atoms with E-state index in [1.807, 2.05) is 47.6 Å². The maximum absolute atomic E-state index is 11.3. The van der Waals surface area contributed by atoms with Crippen molar-refractivity contribution >= 4 is 30.4 Å². The number of carbonyl (C=O) groups excluding carboxylic acids is 1. The number of nitrogens with one attached hydrogen (secondary N) is 1. The summed E-state index contributed by atoms with van der Waals surface area (Å²) in [6.45, 7) is 14.0. The number of hydrogen-bond donors (Lipinski definition) is 1. The Morgan fingerprint density at radius 3 is 2.26 bits per heavy atom. The topological polar surface area (TPSA) is 60.5 Å². The number of rotatable bonds is 4. The van der Waals surface area contributed by atoms with Crippen molar-refractivity contribution in [2.75, 3.05) is 6.54 Å². The summed E-state index contributed by atoms with van der Waals surface area (Å²) < 4.78 is 12.2. The smallest absolute Gasteiger partial charge is 0.400 e. The van der Waals surface area contributed by atoms with Crippen LogP contribution in [-0.4, -0.2) is 35.8 Å². The average Bonchev–Trinajstić information content (AvgIpc) is 2.81. The highest BCUT2D eigenvalue weighted by atomic mass is 32.1. The number of nitrogens with zero attached hydrogens (tertiary/aromatic N) is 1. The van der Waals surface area contributed by atoms with Gasteiger partial charge in [0, 0.05) is 18.3 Å². The molecule has 0 unspecified atom stereocenters. The minimum Gasteiger partial charge on any atom is -0.400 e. The van der Waals surface area contributed by atoms with Gasteiger partial charge in [0.2, 0.25) is 5.91 Å². The Morgan fingerprint density at radius 1 is 1.26 bits per heavy atom. The maximum Gasteiger partial charge on any atom is 0.492 e. The molecule has 0 atom stereocenters. The van der Waals surface area contributed by atoms with E-state index in [9.17, 15) is 4.79 Å². The second-order valence-electron chi connectivity index (χ2n) is 6.91. The molecule has 1 fully saturated rings. The summed E-state index contributed by atoms with van der Waals surface area (Å²) in [4.78, 5) is 17.0. The molecule has 1 aromatic rings. The van der Waals surface area contributed by atoms with Gasteiger partial charge in [-0.15, -0.1) is 11.3 Å². The number of amides is 1. The zero-order valence-electron chi connectivity index (χ0n) is 14.9. The Hall–Kier alpha value is -1.18. The predicted molar refractivity (Wildman–Crippen MR) is 94.3 cm³/mol. The van der Waals surface area contributed by atoms with Crippen molar-refractivity contribution in [2.45, 2.75) is 59.7 Å². The first-order valence-electron chi connectivity index (χ1n) is 7.76. The molecule has 126 valence electrons. The van der Waals surface area contributed by atoms with E-state index in [1.165, 1.54) is 11.8 Å². The molecule has 0 radical (unpaired) electrons. The Labute approximate surface area is 142 Å². The first kappa shape index (κ1) is 18.2. The van der Waals surface area contributed by atoms with E-state index in [2.05, 4.69) is 10.3 Å². The summed E-state index contributed by atoms with van der Waals surface area (Å²) in [5, 5.41) is 3.73. The minimum absolute atomic E-state index is 0.0843. The number of thiazole rings is 1. The van der Waals surface area contributed by atoms with Gasteiger partial charge in [-0.25, -0.2) is 4.98 Å². The molecule has 2 heterocycles. The van der Waals surface area contributed by atoms with Crippen LogP contribution in [0.25, 0.3) is 6.08 Å². The molecule has 0 saturated carbocycles. The predicted octanol–water partition coefficient (Wildman–Crippen LogP) is 2.91. The van der Waals surface area contributed by atoms with Crippen LogP contribution in [0.15, 0.2) is 5.47 Å². The van der Waals surface area contributed by atoms with Gasteiger partial charge in [0.1, 0.15) is 5.01 Å². The molecule has 1 aromatic heterocycles. The number of aryl methyl sites for hydroxylation is 2. The third-order valence-electron chi connectivity index (χ3n) is 4.45. The number of hydrogen-bond acceptors (Lipinski definition) is 5. The van der Waals surface area contributed by atoms with E-state index in [0.29, 0.717) is 6.54 Å². The lowest BCUT2D eigenvalue weighted by Gasteiger charge is -2.32. The second kappa shape index (κ2) is 6.38. The van der Waals surface area contributed by atoms with Gasteiger partial charge in [-0.2, -0.15) is 0 Å². The molecule has 1 aliphatic heterocycles. The number of aromatic nitrogens is 1. The van der Waals surface area contributed by atoms with E-state index in [0.717, 1.165) is 16.2 Å². The highest BCUT2D eigenvalue weighted by Gasteiger charge is 2.52. The fraction of sp³-hybridized carbons (Fsp3) is 0.625. The number of carbonyl (C=O) groups is 1. The first-order chi connectivity index (χ1) is 10.5. The van der Waals surface area contributed by atoms with Crippen molar-refractivity contribution in [1.82, 2.24) is 10.3 Å². The highest BCUT2D eigenvalue weighted by Crippen LogP contribution is 2.38. The average molecular weight is 336 g/mol. The quantitative estimate of drug-likeness (QED) is 0.859. The molecule has 1 N–H and O–H groups in total. The normalized spacial score (nSPS) is 20.0. The zero-order valence-corrected chi connectivity index (χ0v) is 15.8. The lowest BCUT2D eigenvalue weighted by molar-refractivity contribution is -0.118. The molecule has 0 aliphatic carbocycles. The van der Waals surface area contributed by atoms with Crippen molar-refractivity contribution in [3.63, 3.8) is 0 Å². The second-order valence-corrected chi connectivity index (χ2v) is 8.15. The largest absolute Gasteiger partial charge is 0.492 e. The van der Waals surface area contributed by atoms with Crippen LogP contribution in [-0.2, 0) is 14.1 Å². The highest BCUT2D eigenvalue weighted by molar-refractivity contribution is 7.12. The maximum atomic E-state index is 11.3. The molecular weight excluding hydrogens is 311 g/mol. The fourth-order valence-electron chi connectivity index (χ4n) is 2.14. The van der Waals surface area contributed by atoms with Gasteiger partial charge in [-0.05, 0) is 53.1 Å². The molecular formula is C16H25BN2O3S. The third-order valence-corrected chi connectivity index (χ3v) is 5.47. The van der Waals surface area contributed by atoms with Crippen LogP contribution in [0.2, 0.25) is 0 Å². The molecule has 2 rings (SSSR count). The van der Waals surface area contributed by atoms with Crippen molar-refractivity contribution in [2.24, 2.45) is 0 Å². The lowest BCUT2D eigenvalue weighted by Crippen LogP contribution is -2.41. The van der Waals surface area contributed by atoms with Crippen molar-refractivity contribution in [3.05, 3.63) is 21.1 Å². The summed E-state index contributed by atoms with van der Waals surface area (Å²) in [5.74, 6) is -0.0843.